The standard InChI is InChI=1S/C12H15Br2NO/c1-3-4-5-15(2)12(16)9-6-10(13)8-11(14)7-9/h6-8H,3-5H2,1-2H3. The van der Waals surface area contributed by atoms with Gasteiger partial charge in [-0.05, 0) is 24.6 Å². The number of unbranched alkanes of at least 4 members (excludes halogenated alkanes) is 1. The molecule has 0 aliphatic rings. The van der Waals surface area contributed by atoms with E-state index in [1.54, 1.807) is 4.90 Å². The molecule has 0 heterocycles. The summed E-state index contributed by atoms with van der Waals surface area (Å²) in [7, 11) is 1.84. The third-order valence-electron chi connectivity index (χ3n) is 2.30. The molecule has 0 radical (unpaired) electrons. The Kier molecular flexibility index (Phi) is 5.49. The Morgan fingerprint density at radius 3 is 2.31 bits per heavy atom. The summed E-state index contributed by atoms with van der Waals surface area (Å²) >= 11 is 6.76. The van der Waals surface area contributed by atoms with Gasteiger partial charge in [-0.2, -0.15) is 0 Å². The number of rotatable bonds is 4. The zero-order valence-corrected chi connectivity index (χ0v) is 12.6. The number of amides is 1. The summed E-state index contributed by atoms with van der Waals surface area (Å²) in [6.45, 7) is 2.92. The van der Waals surface area contributed by atoms with E-state index in [-0.39, 0.29) is 5.91 Å². The van der Waals surface area contributed by atoms with Gasteiger partial charge in [-0.1, -0.05) is 45.2 Å². The van der Waals surface area contributed by atoms with Crippen LogP contribution < -0.4 is 0 Å². The number of carbonyl (C=O) groups is 1. The average Bonchev–Trinajstić information content (AvgIpc) is 2.23. The van der Waals surface area contributed by atoms with Crippen molar-refractivity contribution in [3.05, 3.63) is 32.7 Å². The first kappa shape index (κ1) is 13.7. The topological polar surface area (TPSA) is 20.3 Å². The van der Waals surface area contributed by atoms with Crippen LogP contribution in [0.15, 0.2) is 27.1 Å². The SMILES string of the molecule is CCCCN(C)C(=O)c1cc(Br)cc(Br)c1. The Morgan fingerprint density at radius 1 is 1.25 bits per heavy atom. The Hall–Kier alpha value is -0.350. The summed E-state index contributed by atoms with van der Waals surface area (Å²) < 4.78 is 1.82. The van der Waals surface area contributed by atoms with Crippen LogP contribution in [-0.4, -0.2) is 24.4 Å². The summed E-state index contributed by atoms with van der Waals surface area (Å²) in [4.78, 5) is 13.8. The lowest BCUT2D eigenvalue weighted by molar-refractivity contribution is 0.0793. The number of nitrogens with zero attached hydrogens (tertiary/aromatic N) is 1. The molecule has 0 saturated carbocycles. The normalized spacial score (nSPS) is 10.2. The molecule has 16 heavy (non-hydrogen) atoms. The van der Waals surface area contributed by atoms with Gasteiger partial charge in [0.1, 0.15) is 0 Å². The molecule has 2 nitrogen and oxygen atoms in total. The Morgan fingerprint density at radius 2 is 1.81 bits per heavy atom. The van der Waals surface area contributed by atoms with Gasteiger partial charge in [-0.25, -0.2) is 0 Å². The monoisotopic (exact) mass is 347 g/mol. The van der Waals surface area contributed by atoms with Crippen LogP contribution >= 0.6 is 31.9 Å². The molecule has 1 aromatic carbocycles. The predicted molar refractivity (Wildman–Crippen MR) is 73.7 cm³/mol. The maximum atomic E-state index is 12.0. The van der Waals surface area contributed by atoms with Crippen LogP contribution in [0.4, 0.5) is 0 Å². The highest BCUT2D eigenvalue weighted by molar-refractivity contribution is 9.11. The van der Waals surface area contributed by atoms with Crippen LogP contribution in [-0.2, 0) is 0 Å². The van der Waals surface area contributed by atoms with Crippen molar-refractivity contribution in [1.29, 1.82) is 0 Å². The molecular formula is C12H15Br2NO. The largest absolute Gasteiger partial charge is 0.342 e. The second-order valence-electron chi connectivity index (χ2n) is 3.74. The number of hydrogen-bond acceptors (Lipinski definition) is 1. The van der Waals surface area contributed by atoms with E-state index in [1.165, 1.54) is 0 Å². The van der Waals surface area contributed by atoms with Crippen molar-refractivity contribution >= 4 is 37.8 Å². The van der Waals surface area contributed by atoms with Crippen molar-refractivity contribution in [2.75, 3.05) is 13.6 Å². The van der Waals surface area contributed by atoms with Crippen molar-refractivity contribution in [3.8, 4) is 0 Å². The van der Waals surface area contributed by atoms with E-state index in [2.05, 4.69) is 38.8 Å². The smallest absolute Gasteiger partial charge is 0.253 e. The lowest BCUT2D eigenvalue weighted by atomic mass is 10.2. The molecular weight excluding hydrogens is 334 g/mol. The molecule has 0 saturated heterocycles. The molecule has 0 fully saturated rings. The summed E-state index contributed by atoms with van der Waals surface area (Å²) in [5, 5.41) is 0. The molecule has 0 N–H and O–H groups in total. The molecule has 0 aromatic heterocycles. The summed E-state index contributed by atoms with van der Waals surface area (Å²) in [5.41, 5.74) is 0.708. The average molecular weight is 349 g/mol. The molecule has 0 unspecified atom stereocenters. The van der Waals surface area contributed by atoms with Gasteiger partial charge in [0, 0.05) is 28.1 Å². The minimum Gasteiger partial charge on any atom is -0.342 e. The highest BCUT2D eigenvalue weighted by Gasteiger charge is 2.12. The van der Waals surface area contributed by atoms with E-state index >= 15 is 0 Å². The number of carbonyl (C=O) groups excluding carboxylic acids is 1. The first-order valence-corrected chi connectivity index (χ1v) is 6.84. The maximum Gasteiger partial charge on any atom is 0.253 e. The summed E-state index contributed by atoms with van der Waals surface area (Å²) in [6.07, 6.45) is 2.14. The van der Waals surface area contributed by atoms with Crippen LogP contribution in [0.25, 0.3) is 0 Å². The van der Waals surface area contributed by atoms with Crippen LogP contribution in [0.2, 0.25) is 0 Å². The molecule has 0 aliphatic carbocycles. The van der Waals surface area contributed by atoms with Crippen molar-refractivity contribution in [2.45, 2.75) is 19.8 Å². The van der Waals surface area contributed by atoms with E-state index in [9.17, 15) is 4.79 Å². The van der Waals surface area contributed by atoms with Crippen molar-refractivity contribution in [1.82, 2.24) is 4.90 Å². The number of halogens is 2. The summed E-state index contributed by atoms with van der Waals surface area (Å²) in [5.74, 6) is 0.0652. The zero-order valence-electron chi connectivity index (χ0n) is 9.46. The molecule has 0 aliphatic heterocycles. The second kappa shape index (κ2) is 6.40. The summed E-state index contributed by atoms with van der Waals surface area (Å²) in [6, 6.07) is 5.61. The first-order valence-electron chi connectivity index (χ1n) is 5.26. The fourth-order valence-corrected chi connectivity index (χ4v) is 2.69. The van der Waals surface area contributed by atoms with Gasteiger partial charge in [0.05, 0.1) is 0 Å². The minimum absolute atomic E-state index is 0.0652. The molecule has 88 valence electrons. The maximum absolute atomic E-state index is 12.0. The highest BCUT2D eigenvalue weighted by Crippen LogP contribution is 2.21. The lowest BCUT2D eigenvalue weighted by Gasteiger charge is -2.17. The second-order valence-corrected chi connectivity index (χ2v) is 5.57. The van der Waals surface area contributed by atoms with Crippen LogP contribution in [0.5, 0.6) is 0 Å². The quantitative estimate of drug-likeness (QED) is 0.802. The van der Waals surface area contributed by atoms with Crippen LogP contribution in [0.3, 0.4) is 0 Å². The van der Waals surface area contributed by atoms with Gasteiger partial charge in [0.25, 0.3) is 5.91 Å². The van der Waals surface area contributed by atoms with E-state index in [0.717, 1.165) is 28.3 Å². The van der Waals surface area contributed by atoms with Gasteiger partial charge in [0.2, 0.25) is 0 Å². The van der Waals surface area contributed by atoms with Crippen LogP contribution in [0, 0.1) is 0 Å². The van der Waals surface area contributed by atoms with Crippen LogP contribution in [0.1, 0.15) is 30.1 Å². The molecule has 0 atom stereocenters. The predicted octanol–water partition coefficient (Wildman–Crippen LogP) is 4.08. The van der Waals surface area contributed by atoms with Crippen molar-refractivity contribution in [2.24, 2.45) is 0 Å². The van der Waals surface area contributed by atoms with E-state index in [1.807, 2.05) is 25.2 Å². The first-order chi connectivity index (χ1) is 7.54. The van der Waals surface area contributed by atoms with Gasteiger partial charge in [0.15, 0.2) is 0 Å². The Balaban J connectivity index is 2.79. The minimum atomic E-state index is 0.0652. The van der Waals surface area contributed by atoms with Gasteiger partial charge in [-0.3, -0.25) is 4.79 Å². The highest BCUT2D eigenvalue weighted by atomic mass is 79.9. The van der Waals surface area contributed by atoms with Crippen molar-refractivity contribution < 1.29 is 4.79 Å². The van der Waals surface area contributed by atoms with E-state index in [4.69, 9.17) is 0 Å². The Bertz CT molecular complexity index is 359. The molecule has 4 heteroatoms. The number of hydrogen-bond donors (Lipinski definition) is 0. The fraction of sp³-hybridized carbons (Fsp3) is 0.417. The van der Waals surface area contributed by atoms with E-state index in [0.29, 0.717) is 5.56 Å². The van der Waals surface area contributed by atoms with Crippen molar-refractivity contribution in [3.63, 3.8) is 0 Å². The van der Waals surface area contributed by atoms with Gasteiger partial charge in [-0.15, -0.1) is 0 Å². The number of benzene rings is 1. The third-order valence-corrected chi connectivity index (χ3v) is 3.22. The molecule has 1 amide bonds. The molecule has 1 aromatic rings. The Labute approximate surface area is 113 Å². The van der Waals surface area contributed by atoms with E-state index < -0.39 is 0 Å². The third kappa shape index (κ3) is 3.91. The fourth-order valence-electron chi connectivity index (χ4n) is 1.39. The zero-order chi connectivity index (χ0) is 12.1. The van der Waals surface area contributed by atoms with Gasteiger partial charge < -0.3 is 4.90 Å². The molecule has 0 spiro atoms. The van der Waals surface area contributed by atoms with Gasteiger partial charge >= 0.3 is 0 Å². The molecule has 1 rings (SSSR count). The lowest BCUT2D eigenvalue weighted by Crippen LogP contribution is -2.27. The molecule has 0 bridgehead atoms.